The molecule has 0 atom stereocenters. The lowest BCUT2D eigenvalue weighted by Crippen LogP contribution is -2.54. The summed E-state index contributed by atoms with van der Waals surface area (Å²) in [5.41, 5.74) is 10.9. The summed E-state index contributed by atoms with van der Waals surface area (Å²) in [4.78, 5) is 13.4. The molecule has 0 amide bonds. The van der Waals surface area contributed by atoms with Crippen LogP contribution in [0.3, 0.4) is 0 Å². The summed E-state index contributed by atoms with van der Waals surface area (Å²) in [6.45, 7) is 1.74. The van der Waals surface area contributed by atoms with Gasteiger partial charge in [-0.1, -0.05) is 42.5 Å². The lowest BCUT2D eigenvalue weighted by atomic mass is 9.93. The van der Waals surface area contributed by atoms with Gasteiger partial charge in [0.25, 0.3) is 0 Å². The molecule has 2 aromatic heterocycles. The van der Waals surface area contributed by atoms with Crippen molar-refractivity contribution < 1.29 is 4.74 Å². The van der Waals surface area contributed by atoms with Crippen molar-refractivity contribution >= 4 is 16.7 Å². The average molecular weight is 383 g/mol. The van der Waals surface area contributed by atoms with Crippen molar-refractivity contribution in [2.45, 2.75) is 12.1 Å². The Bertz CT molecular complexity index is 1140. The van der Waals surface area contributed by atoms with E-state index in [4.69, 9.17) is 10.5 Å². The fraction of sp³-hybridized carbons (Fsp3) is 0.174. The van der Waals surface area contributed by atoms with E-state index >= 15 is 0 Å². The predicted octanol–water partition coefficient (Wildman–Crippen LogP) is 3.49. The summed E-state index contributed by atoms with van der Waals surface area (Å²) in [6.07, 6.45) is 3.46. The van der Waals surface area contributed by atoms with Gasteiger partial charge in [0.1, 0.15) is 17.7 Å². The third-order valence-corrected chi connectivity index (χ3v) is 5.26. The van der Waals surface area contributed by atoms with Gasteiger partial charge in [-0.05, 0) is 29.3 Å². The number of hydrogen-bond acceptors (Lipinski definition) is 6. The van der Waals surface area contributed by atoms with Crippen molar-refractivity contribution in [3.8, 4) is 11.1 Å². The Balaban J connectivity index is 1.44. The number of nitrogens with two attached hydrogens (primary N) is 1. The summed E-state index contributed by atoms with van der Waals surface area (Å²) in [5, 5.41) is 4.41. The van der Waals surface area contributed by atoms with Gasteiger partial charge in [0, 0.05) is 23.7 Å². The van der Waals surface area contributed by atoms with Crippen LogP contribution in [0.2, 0.25) is 0 Å². The number of aromatic nitrogens is 3. The predicted molar refractivity (Wildman–Crippen MR) is 113 cm³/mol. The number of nitrogens with zero attached hydrogens (tertiary/aromatic N) is 3. The van der Waals surface area contributed by atoms with Crippen LogP contribution in [0.1, 0.15) is 11.3 Å². The van der Waals surface area contributed by atoms with Crippen LogP contribution >= 0.6 is 0 Å². The Hall–Kier alpha value is -3.35. The number of pyridine rings is 1. The standard InChI is InChI=1S/C23H21N5O/c24-23(13-29-14-23)21-9-7-18(12-25-21)17-6-8-20-19(10-17)22(28-15-27-20)26-11-16-4-2-1-3-5-16/h1-10,12,15H,11,13-14,24H2,(H,26,27,28). The molecule has 0 bridgehead atoms. The van der Waals surface area contributed by atoms with Crippen LogP contribution in [0.25, 0.3) is 22.0 Å². The van der Waals surface area contributed by atoms with Crippen LogP contribution in [0.15, 0.2) is 73.2 Å². The quantitative estimate of drug-likeness (QED) is 0.549. The van der Waals surface area contributed by atoms with Crippen molar-refractivity contribution in [1.29, 1.82) is 0 Å². The molecule has 6 heteroatoms. The maximum absolute atomic E-state index is 6.28. The maximum atomic E-state index is 6.28. The van der Waals surface area contributed by atoms with Crippen molar-refractivity contribution in [3.05, 3.63) is 84.4 Å². The summed E-state index contributed by atoms with van der Waals surface area (Å²) < 4.78 is 5.24. The number of rotatable bonds is 5. The molecule has 0 radical (unpaired) electrons. The Morgan fingerprint density at radius 2 is 1.76 bits per heavy atom. The molecule has 29 heavy (non-hydrogen) atoms. The van der Waals surface area contributed by atoms with Gasteiger partial charge in [0.15, 0.2) is 0 Å². The zero-order valence-electron chi connectivity index (χ0n) is 15.9. The number of nitrogens with one attached hydrogen (secondary N) is 1. The Morgan fingerprint density at radius 3 is 2.48 bits per heavy atom. The monoisotopic (exact) mass is 383 g/mol. The van der Waals surface area contributed by atoms with E-state index in [-0.39, 0.29) is 0 Å². The number of fused-ring (bicyclic) bond motifs is 1. The van der Waals surface area contributed by atoms with E-state index in [9.17, 15) is 0 Å². The molecule has 5 rings (SSSR count). The normalized spacial score (nSPS) is 15.1. The van der Waals surface area contributed by atoms with Crippen molar-refractivity contribution in [3.63, 3.8) is 0 Å². The highest BCUT2D eigenvalue weighted by Gasteiger charge is 2.37. The van der Waals surface area contributed by atoms with Crippen LogP contribution in [0.5, 0.6) is 0 Å². The van der Waals surface area contributed by atoms with Gasteiger partial charge >= 0.3 is 0 Å². The average Bonchev–Trinajstić information content (AvgIpc) is 2.76. The maximum Gasteiger partial charge on any atom is 0.137 e. The second kappa shape index (κ2) is 7.24. The first-order valence-corrected chi connectivity index (χ1v) is 9.57. The fourth-order valence-corrected chi connectivity index (χ4v) is 3.49. The van der Waals surface area contributed by atoms with Crippen molar-refractivity contribution in [2.75, 3.05) is 18.5 Å². The highest BCUT2D eigenvalue weighted by molar-refractivity contribution is 5.92. The molecule has 3 N–H and O–H groups in total. The minimum atomic E-state index is -0.454. The lowest BCUT2D eigenvalue weighted by Gasteiger charge is -2.37. The molecule has 0 unspecified atom stereocenters. The van der Waals surface area contributed by atoms with Gasteiger partial charge in [-0.25, -0.2) is 9.97 Å². The molecule has 1 aliphatic heterocycles. The molecule has 2 aromatic carbocycles. The zero-order chi connectivity index (χ0) is 19.7. The Morgan fingerprint density at radius 1 is 0.931 bits per heavy atom. The van der Waals surface area contributed by atoms with E-state index in [1.54, 1.807) is 6.33 Å². The van der Waals surface area contributed by atoms with E-state index in [1.807, 2.05) is 36.5 Å². The van der Waals surface area contributed by atoms with Crippen LogP contribution < -0.4 is 11.1 Å². The molecule has 6 nitrogen and oxygen atoms in total. The largest absolute Gasteiger partial charge is 0.377 e. The Labute approximate surface area is 168 Å². The van der Waals surface area contributed by atoms with Gasteiger partial charge in [-0.15, -0.1) is 0 Å². The van der Waals surface area contributed by atoms with Gasteiger partial charge in [0.05, 0.1) is 24.4 Å². The Kier molecular flexibility index (Phi) is 4.42. The van der Waals surface area contributed by atoms with E-state index in [1.165, 1.54) is 5.56 Å². The second-order valence-corrected chi connectivity index (χ2v) is 7.37. The molecule has 0 aliphatic carbocycles. The molecule has 4 aromatic rings. The van der Waals surface area contributed by atoms with E-state index < -0.39 is 5.54 Å². The summed E-state index contributed by atoms with van der Waals surface area (Å²) in [7, 11) is 0. The molecule has 1 fully saturated rings. The molecule has 1 saturated heterocycles. The third kappa shape index (κ3) is 3.44. The first-order valence-electron chi connectivity index (χ1n) is 9.57. The molecule has 0 spiro atoms. The fourth-order valence-electron chi connectivity index (χ4n) is 3.49. The van der Waals surface area contributed by atoms with Crippen molar-refractivity contribution in [2.24, 2.45) is 5.73 Å². The molecule has 144 valence electrons. The SMILES string of the molecule is NC1(c2ccc(-c3ccc4ncnc(NCc5ccccc5)c4c3)cn2)COC1. The first kappa shape index (κ1) is 17.7. The molecule has 3 heterocycles. The van der Waals surface area contributed by atoms with Crippen LogP contribution in [0.4, 0.5) is 5.82 Å². The van der Waals surface area contributed by atoms with Gasteiger partial charge in [0.2, 0.25) is 0 Å². The second-order valence-electron chi connectivity index (χ2n) is 7.37. The van der Waals surface area contributed by atoms with Gasteiger partial charge < -0.3 is 15.8 Å². The van der Waals surface area contributed by atoms with Crippen LogP contribution in [-0.2, 0) is 16.8 Å². The highest BCUT2D eigenvalue weighted by Crippen LogP contribution is 2.29. The number of anilines is 1. The van der Waals surface area contributed by atoms with Crippen molar-refractivity contribution in [1.82, 2.24) is 15.0 Å². The van der Waals surface area contributed by atoms with Crippen LogP contribution in [-0.4, -0.2) is 28.2 Å². The summed E-state index contributed by atoms with van der Waals surface area (Å²) >= 11 is 0. The topological polar surface area (TPSA) is 86.0 Å². The number of hydrogen-bond donors (Lipinski definition) is 2. The molecular weight excluding hydrogens is 362 g/mol. The number of benzene rings is 2. The van der Waals surface area contributed by atoms with E-state index in [0.717, 1.165) is 33.5 Å². The van der Waals surface area contributed by atoms with Gasteiger partial charge in [-0.2, -0.15) is 0 Å². The zero-order valence-corrected chi connectivity index (χ0v) is 15.9. The molecular formula is C23H21N5O. The van der Waals surface area contributed by atoms with Gasteiger partial charge in [-0.3, -0.25) is 4.98 Å². The third-order valence-electron chi connectivity index (χ3n) is 5.26. The highest BCUT2D eigenvalue weighted by atomic mass is 16.5. The summed E-state index contributed by atoms with van der Waals surface area (Å²) in [5.74, 6) is 0.817. The molecule has 0 saturated carbocycles. The minimum Gasteiger partial charge on any atom is -0.377 e. The summed E-state index contributed by atoms with van der Waals surface area (Å²) in [6, 6.07) is 20.5. The minimum absolute atomic E-state index is 0.454. The number of ether oxygens (including phenoxy) is 1. The van der Waals surface area contributed by atoms with E-state index in [0.29, 0.717) is 19.8 Å². The molecule has 1 aliphatic rings. The van der Waals surface area contributed by atoms with Crippen LogP contribution in [0, 0.1) is 0 Å². The van der Waals surface area contributed by atoms with E-state index in [2.05, 4.69) is 50.6 Å². The first-order chi connectivity index (χ1) is 14.2. The lowest BCUT2D eigenvalue weighted by molar-refractivity contribution is -0.0590. The smallest absolute Gasteiger partial charge is 0.137 e.